The Morgan fingerprint density at radius 1 is 1.06 bits per heavy atom. The van der Waals surface area contributed by atoms with E-state index in [0.717, 1.165) is 17.7 Å². The van der Waals surface area contributed by atoms with Crippen molar-refractivity contribution in [3.8, 4) is 10.4 Å². The molecular formula is C23H25N3O4S2. The Hall–Kier alpha value is -2.49. The Morgan fingerprint density at radius 3 is 2.62 bits per heavy atom. The molecule has 5 rings (SSSR count). The molecule has 0 unspecified atom stereocenters. The standard InChI is InChI=1S/C23H25N3O4S2/c1-15-22(16(2)30-24-15)32(28,29)26-11-5-10-25(12-13-26)23(27)20-14-18-9-8-17-6-3-4-7-19(17)21(18)31-20/h3-4,6-7,14H,5,8-13H2,1-2H3. The van der Waals surface area contributed by atoms with Crippen LogP contribution in [0.4, 0.5) is 0 Å². The van der Waals surface area contributed by atoms with Crippen molar-refractivity contribution in [1.82, 2.24) is 14.4 Å². The molecule has 0 atom stereocenters. The van der Waals surface area contributed by atoms with Crippen LogP contribution in [0.15, 0.2) is 39.8 Å². The van der Waals surface area contributed by atoms with Gasteiger partial charge in [-0.1, -0.05) is 29.4 Å². The number of amides is 1. The quantitative estimate of drug-likeness (QED) is 0.582. The van der Waals surface area contributed by atoms with Gasteiger partial charge in [0.05, 0.1) is 4.88 Å². The molecule has 1 aliphatic carbocycles. The summed E-state index contributed by atoms with van der Waals surface area (Å²) in [6.07, 6.45) is 2.52. The smallest absolute Gasteiger partial charge is 0.263 e. The van der Waals surface area contributed by atoms with E-state index in [2.05, 4.69) is 23.4 Å². The number of hydrogen-bond donors (Lipinski definition) is 0. The minimum Gasteiger partial charge on any atom is -0.360 e. The van der Waals surface area contributed by atoms with E-state index in [1.807, 2.05) is 12.1 Å². The van der Waals surface area contributed by atoms with E-state index in [9.17, 15) is 13.2 Å². The van der Waals surface area contributed by atoms with E-state index in [-0.39, 0.29) is 17.3 Å². The van der Waals surface area contributed by atoms with Crippen molar-refractivity contribution < 1.29 is 17.7 Å². The van der Waals surface area contributed by atoms with Gasteiger partial charge in [-0.3, -0.25) is 4.79 Å². The Bertz CT molecular complexity index is 1270. The van der Waals surface area contributed by atoms with Crippen molar-refractivity contribution in [2.24, 2.45) is 0 Å². The molecule has 2 aromatic heterocycles. The fourth-order valence-electron chi connectivity index (χ4n) is 4.64. The van der Waals surface area contributed by atoms with Gasteiger partial charge < -0.3 is 9.42 Å². The van der Waals surface area contributed by atoms with Gasteiger partial charge in [-0.05, 0) is 55.9 Å². The number of aromatic nitrogens is 1. The lowest BCUT2D eigenvalue weighted by Crippen LogP contribution is -2.37. The number of hydrogen-bond acceptors (Lipinski definition) is 6. The predicted molar refractivity (Wildman–Crippen MR) is 122 cm³/mol. The van der Waals surface area contributed by atoms with Crippen molar-refractivity contribution in [2.45, 2.75) is 38.0 Å². The van der Waals surface area contributed by atoms with Gasteiger partial charge >= 0.3 is 0 Å². The second-order valence-corrected chi connectivity index (χ2v) is 11.3. The number of thiophene rings is 1. The fraction of sp³-hybridized carbons (Fsp3) is 0.391. The van der Waals surface area contributed by atoms with Gasteiger partial charge in [0.1, 0.15) is 10.6 Å². The maximum atomic E-state index is 13.3. The first-order chi connectivity index (χ1) is 15.4. The maximum Gasteiger partial charge on any atom is 0.263 e. The second kappa shape index (κ2) is 8.13. The summed E-state index contributed by atoms with van der Waals surface area (Å²) in [6, 6.07) is 10.4. The van der Waals surface area contributed by atoms with Crippen molar-refractivity contribution in [1.29, 1.82) is 0 Å². The number of sulfonamides is 1. The highest BCUT2D eigenvalue weighted by molar-refractivity contribution is 7.89. The van der Waals surface area contributed by atoms with Crippen LogP contribution >= 0.6 is 11.3 Å². The number of carbonyl (C=O) groups is 1. The van der Waals surface area contributed by atoms with Crippen LogP contribution in [0, 0.1) is 13.8 Å². The monoisotopic (exact) mass is 471 g/mol. The first kappa shape index (κ1) is 21.4. The van der Waals surface area contributed by atoms with Gasteiger partial charge in [0.25, 0.3) is 5.91 Å². The first-order valence-electron chi connectivity index (χ1n) is 10.8. The summed E-state index contributed by atoms with van der Waals surface area (Å²) in [5.41, 5.74) is 4.15. The average Bonchev–Trinajstić information content (AvgIpc) is 3.27. The van der Waals surface area contributed by atoms with Crippen LogP contribution in [0.5, 0.6) is 0 Å². The third kappa shape index (κ3) is 3.58. The molecule has 1 fully saturated rings. The maximum absolute atomic E-state index is 13.3. The molecule has 168 valence electrons. The van der Waals surface area contributed by atoms with Crippen LogP contribution in [0.1, 0.15) is 38.7 Å². The van der Waals surface area contributed by atoms with Gasteiger partial charge in [0, 0.05) is 31.1 Å². The molecule has 3 aromatic rings. The highest BCUT2D eigenvalue weighted by atomic mass is 32.2. The lowest BCUT2D eigenvalue weighted by atomic mass is 9.91. The largest absolute Gasteiger partial charge is 0.360 e. The van der Waals surface area contributed by atoms with E-state index < -0.39 is 10.0 Å². The summed E-state index contributed by atoms with van der Waals surface area (Å²) in [5.74, 6) is 0.280. The Balaban J connectivity index is 1.35. The van der Waals surface area contributed by atoms with Gasteiger partial charge in [0.2, 0.25) is 10.0 Å². The number of rotatable bonds is 3. The molecule has 32 heavy (non-hydrogen) atoms. The first-order valence-corrected chi connectivity index (χ1v) is 13.0. The van der Waals surface area contributed by atoms with Crippen LogP contribution in [0.25, 0.3) is 10.4 Å². The number of aryl methyl sites for hydroxylation is 4. The minimum absolute atomic E-state index is 0.0153. The Morgan fingerprint density at radius 2 is 1.84 bits per heavy atom. The highest BCUT2D eigenvalue weighted by Gasteiger charge is 2.33. The van der Waals surface area contributed by atoms with Gasteiger partial charge in [0.15, 0.2) is 5.76 Å². The molecular weight excluding hydrogens is 446 g/mol. The molecule has 7 nitrogen and oxygen atoms in total. The average molecular weight is 472 g/mol. The van der Waals surface area contributed by atoms with Gasteiger partial charge in [-0.2, -0.15) is 4.31 Å². The number of benzene rings is 1. The van der Waals surface area contributed by atoms with Crippen molar-refractivity contribution in [2.75, 3.05) is 26.2 Å². The zero-order chi connectivity index (χ0) is 22.5. The number of carbonyl (C=O) groups excluding carboxylic acids is 1. The highest BCUT2D eigenvalue weighted by Crippen LogP contribution is 2.40. The predicted octanol–water partition coefficient (Wildman–Crippen LogP) is 3.66. The van der Waals surface area contributed by atoms with Crippen molar-refractivity contribution >= 4 is 27.3 Å². The van der Waals surface area contributed by atoms with E-state index in [4.69, 9.17) is 4.52 Å². The number of nitrogens with zero attached hydrogens (tertiary/aromatic N) is 3. The molecule has 9 heteroatoms. The molecule has 1 saturated heterocycles. The SMILES string of the molecule is Cc1noc(C)c1S(=O)(=O)N1CCCN(C(=O)c2cc3c(s2)-c2ccccc2CC3)CC1. The van der Waals surface area contributed by atoms with E-state index in [1.165, 1.54) is 25.9 Å². The Labute approximate surface area is 191 Å². The molecule has 0 saturated carbocycles. The van der Waals surface area contributed by atoms with Crippen LogP contribution in [0.2, 0.25) is 0 Å². The van der Waals surface area contributed by atoms with Crippen LogP contribution < -0.4 is 0 Å². The summed E-state index contributed by atoms with van der Waals surface area (Å²) >= 11 is 1.55. The fourth-order valence-corrected chi connectivity index (χ4v) is 7.64. The topological polar surface area (TPSA) is 83.7 Å². The van der Waals surface area contributed by atoms with Crippen LogP contribution in [0.3, 0.4) is 0 Å². The summed E-state index contributed by atoms with van der Waals surface area (Å²) in [6.45, 7) is 4.76. The molecule has 0 radical (unpaired) electrons. The summed E-state index contributed by atoms with van der Waals surface area (Å²) in [7, 11) is -3.71. The zero-order valence-corrected chi connectivity index (χ0v) is 19.8. The molecule has 1 aliphatic heterocycles. The summed E-state index contributed by atoms with van der Waals surface area (Å²) in [4.78, 5) is 17.2. The van der Waals surface area contributed by atoms with Crippen molar-refractivity contribution in [3.63, 3.8) is 0 Å². The summed E-state index contributed by atoms with van der Waals surface area (Å²) in [5, 5.41) is 3.79. The summed E-state index contributed by atoms with van der Waals surface area (Å²) < 4.78 is 32.8. The van der Waals surface area contributed by atoms with Gasteiger partial charge in [-0.15, -0.1) is 11.3 Å². The Kier molecular flexibility index (Phi) is 5.43. The molecule has 0 bridgehead atoms. The molecule has 1 aromatic carbocycles. The lowest BCUT2D eigenvalue weighted by molar-refractivity contribution is 0.0769. The van der Waals surface area contributed by atoms with Crippen LogP contribution in [-0.2, 0) is 22.9 Å². The minimum atomic E-state index is -3.71. The molecule has 2 aliphatic rings. The molecule has 1 amide bonds. The molecule has 0 N–H and O–H groups in total. The second-order valence-electron chi connectivity index (χ2n) is 8.33. The van der Waals surface area contributed by atoms with Crippen molar-refractivity contribution in [3.05, 3.63) is 57.8 Å². The van der Waals surface area contributed by atoms with E-state index in [1.54, 1.807) is 30.1 Å². The van der Waals surface area contributed by atoms with E-state index in [0.29, 0.717) is 37.5 Å². The third-order valence-electron chi connectivity index (χ3n) is 6.25. The molecule has 0 spiro atoms. The zero-order valence-electron chi connectivity index (χ0n) is 18.1. The normalized spacial score (nSPS) is 17.0. The number of fused-ring (bicyclic) bond motifs is 3. The lowest BCUT2D eigenvalue weighted by Gasteiger charge is -2.21. The molecule has 3 heterocycles. The van der Waals surface area contributed by atoms with E-state index >= 15 is 0 Å². The van der Waals surface area contributed by atoms with Gasteiger partial charge in [-0.25, -0.2) is 8.42 Å². The third-order valence-corrected chi connectivity index (χ3v) is 9.60. The van der Waals surface area contributed by atoms with Crippen LogP contribution in [-0.4, -0.2) is 54.9 Å².